The van der Waals surface area contributed by atoms with Gasteiger partial charge < -0.3 is 5.32 Å². The molecule has 0 saturated heterocycles. The molecule has 1 aromatic rings. The topological polar surface area (TPSA) is 49.4 Å². The van der Waals surface area contributed by atoms with Crippen LogP contribution in [0.1, 0.15) is 31.2 Å². The molecule has 0 aliphatic rings. The Morgan fingerprint density at radius 1 is 1.47 bits per heavy atom. The monoisotopic (exact) mass is 324 g/mol. The predicted molar refractivity (Wildman–Crippen MR) is 82.5 cm³/mol. The molecule has 0 aliphatic heterocycles. The van der Waals surface area contributed by atoms with Gasteiger partial charge in [-0.3, -0.25) is 0 Å². The molecule has 0 amide bonds. The number of nitrogens with zero attached hydrogens (tertiary/aromatic N) is 1. The molecule has 1 rings (SSSR count). The second kappa shape index (κ2) is 7.59. The zero-order chi connectivity index (χ0) is 14.5. The molecule has 0 bridgehead atoms. The molecule has 0 spiro atoms. The van der Waals surface area contributed by atoms with Crippen molar-refractivity contribution in [3.63, 3.8) is 0 Å². The highest BCUT2D eigenvalue weighted by Gasteiger charge is 2.13. The fourth-order valence-electron chi connectivity index (χ4n) is 1.79. The Morgan fingerprint density at radius 3 is 2.63 bits per heavy atom. The predicted octanol–water partition coefficient (Wildman–Crippen LogP) is 2.72. The van der Waals surface area contributed by atoms with E-state index >= 15 is 0 Å². The Labute approximate surface area is 124 Å². The van der Waals surface area contributed by atoms with E-state index < -0.39 is 10.0 Å². The quantitative estimate of drug-likeness (QED) is 0.748. The van der Waals surface area contributed by atoms with Crippen LogP contribution in [0, 0.1) is 0 Å². The van der Waals surface area contributed by atoms with Crippen LogP contribution in [-0.4, -0.2) is 38.6 Å². The largest absolute Gasteiger partial charge is 0.309 e. The van der Waals surface area contributed by atoms with Crippen molar-refractivity contribution in [2.75, 3.05) is 25.9 Å². The number of halogens is 1. The van der Waals surface area contributed by atoms with Gasteiger partial charge in [0.05, 0.1) is 10.6 Å². The number of hydrogen-bond acceptors (Lipinski definition) is 4. The first kappa shape index (κ1) is 16.9. The maximum Gasteiger partial charge on any atom is 0.211 e. The molecule has 4 nitrogen and oxygen atoms in total. The maximum atomic E-state index is 11.4. The van der Waals surface area contributed by atoms with Crippen molar-refractivity contribution in [2.24, 2.45) is 0 Å². The molecular formula is C12H21ClN2O2S2. The molecule has 0 radical (unpaired) electrons. The Kier molecular flexibility index (Phi) is 6.76. The van der Waals surface area contributed by atoms with E-state index in [1.54, 1.807) is 11.3 Å². The number of nitrogens with one attached hydrogen (secondary N) is 1. The van der Waals surface area contributed by atoms with Crippen molar-refractivity contribution < 1.29 is 8.42 Å². The Hall–Kier alpha value is -0.140. The second-order valence-electron chi connectivity index (χ2n) is 4.43. The lowest BCUT2D eigenvalue weighted by molar-refractivity contribution is 0.414. The van der Waals surface area contributed by atoms with Crippen LogP contribution in [0.2, 0.25) is 4.34 Å². The first-order valence-corrected chi connectivity index (χ1v) is 9.32. The molecule has 19 heavy (non-hydrogen) atoms. The summed E-state index contributed by atoms with van der Waals surface area (Å²) in [5.41, 5.74) is 0. The third-order valence-corrected chi connectivity index (χ3v) is 5.67. The number of hydrogen-bond donors (Lipinski definition) is 1. The van der Waals surface area contributed by atoms with Gasteiger partial charge in [-0.25, -0.2) is 12.7 Å². The fraction of sp³-hybridized carbons (Fsp3) is 0.667. The molecule has 0 aliphatic carbocycles. The zero-order valence-electron chi connectivity index (χ0n) is 11.5. The average molecular weight is 325 g/mol. The second-order valence-corrected chi connectivity index (χ2v) is 8.16. The molecule has 7 heteroatoms. The molecule has 0 saturated carbocycles. The summed E-state index contributed by atoms with van der Waals surface area (Å²) in [6, 6.07) is 4.15. The maximum absolute atomic E-state index is 11.4. The molecule has 1 heterocycles. The lowest BCUT2D eigenvalue weighted by atomic mass is 10.2. The minimum atomic E-state index is -3.07. The van der Waals surface area contributed by atoms with Crippen LogP contribution in [0.3, 0.4) is 0 Å². The van der Waals surface area contributed by atoms with Crippen molar-refractivity contribution >= 4 is 33.0 Å². The SMILES string of the molecule is CCN(CCCNC(C)c1ccc(Cl)s1)S(C)(=O)=O. The van der Waals surface area contributed by atoms with Gasteiger partial charge in [-0.05, 0) is 32.0 Å². The van der Waals surface area contributed by atoms with Crippen molar-refractivity contribution in [1.82, 2.24) is 9.62 Å². The van der Waals surface area contributed by atoms with Crippen LogP contribution >= 0.6 is 22.9 Å². The lowest BCUT2D eigenvalue weighted by Gasteiger charge is -2.18. The van der Waals surface area contributed by atoms with Crippen molar-refractivity contribution in [3.05, 3.63) is 21.3 Å². The van der Waals surface area contributed by atoms with E-state index in [-0.39, 0.29) is 6.04 Å². The Morgan fingerprint density at radius 2 is 2.16 bits per heavy atom. The normalized spacial score (nSPS) is 13.9. The summed E-state index contributed by atoms with van der Waals surface area (Å²) in [4.78, 5) is 1.19. The van der Waals surface area contributed by atoms with Gasteiger partial charge >= 0.3 is 0 Å². The van der Waals surface area contributed by atoms with Gasteiger partial charge in [-0.1, -0.05) is 18.5 Å². The van der Waals surface area contributed by atoms with Gasteiger partial charge in [-0.15, -0.1) is 11.3 Å². The molecule has 1 unspecified atom stereocenters. The lowest BCUT2D eigenvalue weighted by Crippen LogP contribution is -2.32. The minimum absolute atomic E-state index is 0.241. The Bertz CT molecular complexity index is 488. The van der Waals surface area contributed by atoms with E-state index in [0.29, 0.717) is 13.1 Å². The summed E-state index contributed by atoms with van der Waals surface area (Å²) < 4.78 is 25.1. The van der Waals surface area contributed by atoms with Crippen LogP contribution < -0.4 is 5.32 Å². The van der Waals surface area contributed by atoms with Gasteiger partial charge in [0.15, 0.2) is 0 Å². The van der Waals surface area contributed by atoms with Crippen molar-refractivity contribution in [3.8, 4) is 0 Å². The fourth-order valence-corrected chi connectivity index (χ4v) is 3.81. The number of thiophene rings is 1. The van der Waals surface area contributed by atoms with Crippen LogP contribution in [0.4, 0.5) is 0 Å². The van der Waals surface area contributed by atoms with E-state index in [1.807, 2.05) is 19.1 Å². The Balaban J connectivity index is 2.31. The summed E-state index contributed by atoms with van der Waals surface area (Å²) >= 11 is 7.46. The first-order chi connectivity index (χ1) is 8.84. The number of rotatable bonds is 8. The summed E-state index contributed by atoms with van der Waals surface area (Å²) in [5, 5.41) is 3.37. The van der Waals surface area contributed by atoms with Crippen LogP contribution in [0.25, 0.3) is 0 Å². The third-order valence-electron chi connectivity index (χ3n) is 2.88. The van der Waals surface area contributed by atoms with E-state index in [9.17, 15) is 8.42 Å². The molecule has 1 N–H and O–H groups in total. The van der Waals surface area contributed by atoms with Crippen molar-refractivity contribution in [2.45, 2.75) is 26.3 Å². The van der Waals surface area contributed by atoms with E-state index in [1.165, 1.54) is 15.4 Å². The van der Waals surface area contributed by atoms with Gasteiger partial charge in [0.25, 0.3) is 0 Å². The average Bonchev–Trinajstić information content (AvgIpc) is 2.74. The van der Waals surface area contributed by atoms with Gasteiger partial charge in [-0.2, -0.15) is 0 Å². The zero-order valence-corrected chi connectivity index (χ0v) is 13.9. The standard InChI is InChI=1S/C12H21ClN2O2S2/c1-4-15(19(3,16)17)9-5-8-14-10(2)11-6-7-12(13)18-11/h6-7,10,14H,4-5,8-9H2,1-3H3. The highest BCUT2D eigenvalue weighted by Crippen LogP contribution is 2.26. The highest BCUT2D eigenvalue weighted by atomic mass is 35.5. The van der Waals surface area contributed by atoms with Gasteiger partial charge in [0.2, 0.25) is 10.0 Å². The van der Waals surface area contributed by atoms with Crippen molar-refractivity contribution in [1.29, 1.82) is 0 Å². The summed E-state index contributed by atoms with van der Waals surface area (Å²) in [6.07, 6.45) is 2.05. The highest BCUT2D eigenvalue weighted by molar-refractivity contribution is 7.88. The molecule has 0 fully saturated rings. The molecule has 110 valence electrons. The van der Waals surface area contributed by atoms with Crippen LogP contribution in [0.15, 0.2) is 12.1 Å². The van der Waals surface area contributed by atoms with Crippen LogP contribution in [-0.2, 0) is 10.0 Å². The summed E-state index contributed by atoms with van der Waals surface area (Å²) in [6.45, 7) is 5.79. The van der Waals surface area contributed by atoms with E-state index in [2.05, 4.69) is 12.2 Å². The molecule has 1 aromatic heterocycles. The minimum Gasteiger partial charge on any atom is -0.309 e. The first-order valence-electron chi connectivity index (χ1n) is 6.28. The van der Waals surface area contributed by atoms with E-state index in [4.69, 9.17) is 11.6 Å². The third kappa shape index (κ3) is 5.79. The van der Waals surface area contributed by atoms with Gasteiger partial charge in [0, 0.05) is 24.0 Å². The summed E-state index contributed by atoms with van der Waals surface area (Å²) in [5.74, 6) is 0. The number of sulfonamides is 1. The van der Waals surface area contributed by atoms with Gasteiger partial charge in [0.1, 0.15) is 0 Å². The molecule has 0 aromatic carbocycles. The molecule has 1 atom stereocenters. The summed E-state index contributed by atoms with van der Waals surface area (Å²) in [7, 11) is -3.07. The smallest absolute Gasteiger partial charge is 0.211 e. The van der Waals surface area contributed by atoms with E-state index in [0.717, 1.165) is 17.3 Å². The molecular weight excluding hydrogens is 304 g/mol. The van der Waals surface area contributed by atoms with Crippen LogP contribution in [0.5, 0.6) is 0 Å².